The van der Waals surface area contributed by atoms with E-state index in [1.165, 1.54) is 4.90 Å². The van der Waals surface area contributed by atoms with Gasteiger partial charge in [-0.1, -0.05) is 19.1 Å². The van der Waals surface area contributed by atoms with Crippen LogP contribution in [0.4, 0.5) is 0 Å². The average molecular weight is 458 g/mol. The fourth-order valence-corrected chi connectivity index (χ4v) is 4.68. The maximum Gasteiger partial charge on any atom is 0.277 e. The number of hydrogen-bond donors (Lipinski definition) is 0. The van der Waals surface area contributed by atoms with Crippen LogP contribution in [0.2, 0.25) is 0 Å². The molecule has 0 spiro atoms. The summed E-state index contributed by atoms with van der Waals surface area (Å²) in [4.78, 5) is 32.8. The van der Waals surface area contributed by atoms with Crippen molar-refractivity contribution >= 4 is 17.4 Å². The molecule has 0 radical (unpaired) electrons. The second-order valence-corrected chi connectivity index (χ2v) is 8.97. The molecule has 3 heterocycles. The molecule has 2 unspecified atom stereocenters. The van der Waals surface area contributed by atoms with E-state index in [0.717, 1.165) is 30.8 Å². The topological polar surface area (TPSA) is 71.6 Å². The van der Waals surface area contributed by atoms with Crippen LogP contribution in [-0.2, 0) is 19.1 Å². The van der Waals surface area contributed by atoms with Gasteiger partial charge in [-0.15, -0.1) is 0 Å². The van der Waals surface area contributed by atoms with Crippen LogP contribution in [0.25, 0.3) is 5.57 Å². The molecule has 2 fully saturated rings. The second-order valence-electron chi connectivity index (χ2n) is 8.97. The molecular weight excluding hydrogens is 422 g/mol. The van der Waals surface area contributed by atoms with Crippen LogP contribution in [0.3, 0.4) is 0 Å². The maximum absolute atomic E-state index is 13.6. The molecule has 0 aliphatic carbocycles. The number of hydrogen-bond acceptors (Lipinski definition) is 7. The largest absolute Gasteiger partial charge is 0.494 e. The summed E-state index contributed by atoms with van der Waals surface area (Å²) in [7, 11) is 0. The highest BCUT2D eigenvalue weighted by Gasteiger charge is 2.43. The van der Waals surface area contributed by atoms with Crippen molar-refractivity contribution in [2.75, 3.05) is 59.1 Å². The first-order chi connectivity index (χ1) is 16.0. The molecule has 0 aromatic heterocycles. The Labute approximate surface area is 196 Å². The normalized spacial score (nSPS) is 24.7. The highest BCUT2D eigenvalue weighted by atomic mass is 16.5. The fraction of sp³-hybridized carbons (Fsp3) is 0.600. The van der Waals surface area contributed by atoms with Gasteiger partial charge in [0.15, 0.2) is 0 Å². The number of imide groups is 1. The van der Waals surface area contributed by atoms with Crippen LogP contribution >= 0.6 is 0 Å². The van der Waals surface area contributed by atoms with E-state index in [4.69, 9.17) is 14.2 Å². The molecule has 0 saturated carbocycles. The molecule has 33 heavy (non-hydrogen) atoms. The van der Waals surface area contributed by atoms with Gasteiger partial charge in [-0.05, 0) is 38.0 Å². The molecule has 8 heteroatoms. The zero-order valence-corrected chi connectivity index (χ0v) is 19.9. The van der Waals surface area contributed by atoms with Gasteiger partial charge in [0, 0.05) is 39.3 Å². The third-order valence-corrected chi connectivity index (χ3v) is 6.24. The minimum Gasteiger partial charge on any atom is -0.494 e. The smallest absolute Gasteiger partial charge is 0.277 e. The monoisotopic (exact) mass is 457 g/mol. The molecule has 4 rings (SSSR count). The summed E-state index contributed by atoms with van der Waals surface area (Å²) in [6, 6.07) is 7.50. The predicted octanol–water partition coefficient (Wildman–Crippen LogP) is 2.00. The van der Waals surface area contributed by atoms with E-state index in [-0.39, 0.29) is 24.0 Å². The Morgan fingerprint density at radius 1 is 0.970 bits per heavy atom. The molecule has 2 atom stereocenters. The summed E-state index contributed by atoms with van der Waals surface area (Å²) in [5.74, 6) is 0.325. The van der Waals surface area contributed by atoms with Crippen molar-refractivity contribution in [2.24, 2.45) is 0 Å². The third kappa shape index (κ3) is 5.39. The quantitative estimate of drug-likeness (QED) is 0.553. The number of ether oxygens (including phenoxy) is 3. The van der Waals surface area contributed by atoms with E-state index >= 15 is 0 Å². The second kappa shape index (κ2) is 10.7. The first-order valence-corrected chi connectivity index (χ1v) is 12.0. The molecule has 180 valence electrons. The summed E-state index contributed by atoms with van der Waals surface area (Å²) >= 11 is 0. The van der Waals surface area contributed by atoms with E-state index < -0.39 is 0 Å². The van der Waals surface area contributed by atoms with Gasteiger partial charge < -0.3 is 19.1 Å². The van der Waals surface area contributed by atoms with Gasteiger partial charge in [0.05, 0.1) is 37.6 Å². The van der Waals surface area contributed by atoms with Gasteiger partial charge in [0.2, 0.25) is 0 Å². The summed E-state index contributed by atoms with van der Waals surface area (Å²) in [5, 5.41) is 0. The summed E-state index contributed by atoms with van der Waals surface area (Å²) in [6.07, 6.45) is 0.894. The highest BCUT2D eigenvalue weighted by molar-refractivity contribution is 6.35. The molecule has 8 nitrogen and oxygen atoms in total. The molecule has 0 bridgehead atoms. The third-order valence-electron chi connectivity index (χ3n) is 6.24. The van der Waals surface area contributed by atoms with Crippen LogP contribution in [0.15, 0.2) is 30.0 Å². The van der Waals surface area contributed by atoms with Gasteiger partial charge in [0.25, 0.3) is 11.8 Å². The SMILES string of the molecule is CCCOc1ccc(C2=C(N3CC(C)OC(C)C3)C(=O)N(CCN3CCOCC3)C2=O)cc1. The zero-order chi connectivity index (χ0) is 23.4. The van der Waals surface area contributed by atoms with Gasteiger partial charge in [-0.3, -0.25) is 19.4 Å². The number of nitrogens with zero attached hydrogens (tertiary/aromatic N) is 3. The van der Waals surface area contributed by atoms with E-state index in [9.17, 15) is 9.59 Å². The molecule has 1 aromatic carbocycles. The number of carbonyl (C=O) groups is 2. The van der Waals surface area contributed by atoms with Crippen molar-refractivity contribution in [2.45, 2.75) is 39.4 Å². The van der Waals surface area contributed by atoms with Crippen LogP contribution < -0.4 is 4.74 Å². The van der Waals surface area contributed by atoms with E-state index in [0.29, 0.717) is 57.3 Å². The standard InChI is InChI=1S/C25H35N3O5/c1-4-13-32-21-7-5-20(6-8-21)22-23(27-16-18(2)33-19(3)17-27)25(30)28(24(22)29)10-9-26-11-14-31-15-12-26/h5-8,18-19H,4,9-17H2,1-3H3. The minimum absolute atomic E-state index is 0.0161. The summed E-state index contributed by atoms with van der Waals surface area (Å²) < 4.78 is 17.0. The Kier molecular flexibility index (Phi) is 7.67. The van der Waals surface area contributed by atoms with Gasteiger partial charge in [-0.2, -0.15) is 0 Å². The lowest BCUT2D eigenvalue weighted by atomic mass is 10.0. The minimum atomic E-state index is -0.225. The van der Waals surface area contributed by atoms with Crippen molar-refractivity contribution in [1.82, 2.24) is 14.7 Å². The first kappa shape index (κ1) is 23.7. The number of rotatable bonds is 8. The summed E-state index contributed by atoms with van der Waals surface area (Å²) in [5.41, 5.74) is 1.71. The lowest BCUT2D eigenvalue weighted by Crippen LogP contribution is -2.48. The molecule has 2 saturated heterocycles. The number of amides is 2. The fourth-order valence-electron chi connectivity index (χ4n) is 4.68. The lowest BCUT2D eigenvalue weighted by Gasteiger charge is -2.37. The maximum atomic E-state index is 13.6. The molecule has 0 N–H and O–H groups in total. The predicted molar refractivity (Wildman–Crippen MR) is 125 cm³/mol. The van der Waals surface area contributed by atoms with Crippen molar-refractivity contribution in [1.29, 1.82) is 0 Å². The number of carbonyl (C=O) groups excluding carboxylic acids is 2. The van der Waals surface area contributed by atoms with E-state index in [2.05, 4.69) is 11.8 Å². The van der Waals surface area contributed by atoms with Gasteiger partial charge in [-0.25, -0.2) is 0 Å². The van der Waals surface area contributed by atoms with Crippen molar-refractivity contribution in [3.63, 3.8) is 0 Å². The Hall–Kier alpha value is -2.42. The van der Waals surface area contributed by atoms with Crippen LogP contribution in [-0.4, -0.2) is 97.8 Å². The zero-order valence-electron chi connectivity index (χ0n) is 19.9. The number of morpholine rings is 2. The van der Waals surface area contributed by atoms with Crippen LogP contribution in [0, 0.1) is 0 Å². The van der Waals surface area contributed by atoms with E-state index in [1.807, 2.05) is 43.0 Å². The van der Waals surface area contributed by atoms with Crippen LogP contribution in [0.5, 0.6) is 5.75 Å². The molecule has 3 aliphatic heterocycles. The van der Waals surface area contributed by atoms with Crippen LogP contribution in [0.1, 0.15) is 32.8 Å². The van der Waals surface area contributed by atoms with Crippen molar-refractivity contribution in [3.05, 3.63) is 35.5 Å². The molecule has 2 amide bonds. The lowest BCUT2D eigenvalue weighted by molar-refractivity contribution is -0.138. The molecular formula is C25H35N3O5. The number of benzene rings is 1. The summed E-state index contributed by atoms with van der Waals surface area (Å²) in [6.45, 7) is 11.9. The van der Waals surface area contributed by atoms with E-state index in [1.54, 1.807) is 0 Å². The Morgan fingerprint density at radius 3 is 2.27 bits per heavy atom. The highest BCUT2D eigenvalue weighted by Crippen LogP contribution is 2.34. The molecule has 1 aromatic rings. The van der Waals surface area contributed by atoms with Gasteiger partial charge in [0.1, 0.15) is 11.4 Å². The Balaban J connectivity index is 1.61. The van der Waals surface area contributed by atoms with Gasteiger partial charge >= 0.3 is 0 Å². The Bertz CT molecular complexity index is 869. The van der Waals surface area contributed by atoms with Crippen molar-refractivity contribution < 1.29 is 23.8 Å². The van der Waals surface area contributed by atoms with Crippen molar-refractivity contribution in [3.8, 4) is 5.75 Å². The Morgan fingerprint density at radius 2 is 1.64 bits per heavy atom. The molecule has 3 aliphatic rings. The average Bonchev–Trinajstić information content (AvgIpc) is 3.06. The first-order valence-electron chi connectivity index (χ1n) is 12.0.